The third-order valence-corrected chi connectivity index (χ3v) is 3.48. The SMILES string of the molecule is c1cnn(-c2ccc3[nH]c4c(c3c2)CCNC4)n1. The van der Waals surface area contributed by atoms with Crippen molar-refractivity contribution in [1.29, 1.82) is 0 Å². The van der Waals surface area contributed by atoms with Crippen molar-refractivity contribution in [3.05, 3.63) is 41.9 Å². The summed E-state index contributed by atoms with van der Waals surface area (Å²) < 4.78 is 0. The predicted molar refractivity (Wildman–Crippen MR) is 68.6 cm³/mol. The van der Waals surface area contributed by atoms with Gasteiger partial charge in [-0.2, -0.15) is 15.0 Å². The zero-order valence-corrected chi connectivity index (χ0v) is 9.85. The van der Waals surface area contributed by atoms with Gasteiger partial charge >= 0.3 is 0 Å². The van der Waals surface area contributed by atoms with Gasteiger partial charge in [0.1, 0.15) is 0 Å². The lowest BCUT2D eigenvalue weighted by Gasteiger charge is -2.12. The molecule has 1 aliphatic heterocycles. The van der Waals surface area contributed by atoms with E-state index in [-0.39, 0.29) is 0 Å². The number of hydrogen-bond acceptors (Lipinski definition) is 3. The average Bonchev–Trinajstić information content (AvgIpc) is 3.05. The smallest absolute Gasteiger partial charge is 0.0864 e. The predicted octanol–water partition coefficient (Wildman–Crippen LogP) is 1.39. The maximum atomic E-state index is 4.17. The highest BCUT2D eigenvalue weighted by molar-refractivity contribution is 5.86. The molecule has 90 valence electrons. The molecule has 2 N–H and O–H groups in total. The highest BCUT2D eigenvalue weighted by Crippen LogP contribution is 2.26. The Morgan fingerprint density at radius 2 is 2.06 bits per heavy atom. The first kappa shape index (κ1) is 9.85. The number of fused-ring (bicyclic) bond motifs is 3. The number of nitrogens with zero attached hydrogens (tertiary/aromatic N) is 3. The molecule has 0 saturated heterocycles. The van der Waals surface area contributed by atoms with Crippen LogP contribution in [0.1, 0.15) is 11.3 Å². The first-order valence-electron chi connectivity index (χ1n) is 6.13. The van der Waals surface area contributed by atoms with Crippen LogP contribution >= 0.6 is 0 Å². The lowest BCUT2D eigenvalue weighted by molar-refractivity contribution is 0.637. The van der Waals surface area contributed by atoms with Gasteiger partial charge in [-0.05, 0) is 36.7 Å². The zero-order valence-electron chi connectivity index (χ0n) is 9.85. The third-order valence-electron chi connectivity index (χ3n) is 3.48. The molecule has 0 amide bonds. The topological polar surface area (TPSA) is 58.5 Å². The summed E-state index contributed by atoms with van der Waals surface area (Å²) >= 11 is 0. The summed E-state index contributed by atoms with van der Waals surface area (Å²) in [5.74, 6) is 0. The van der Waals surface area contributed by atoms with E-state index in [4.69, 9.17) is 0 Å². The highest BCUT2D eigenvalue weighted by Gasteiger charge is 2.15. The van der Waals surface area contributed by atoms with Crippen LogP contribution in [0.4, 0.5) is 0 Å². The van der Waals surface area contributed by atoms with Crippen molar-refractivity contribution in [1.82, 2.24) is 25.3 Å². The summed E-state index contributed by atoms with van der Waals surface area (Å²) in [6, 6.07) is 6.31. The molecule has 5 nitrogen and oxygen atoms in total. The highest BCUT2D eigenvalue weighted by atomic mass is 15.5. The summed E-state index contributed by atoms with van der Waals surface area (Å²) in [5, 5.41) is 13.0. The van der Waals surface area contributed by atoms with E-state index in [0.717, 1.165) is 25.2 Å². The monoisotopic (exact) mass is 239 g/mol. The van der Waals surface area contributed by atoms with E-state index in [1.807, 2.05) is 6.07 Å². The van der Waals surface area contributed by atoms with E-state index < -0.39 is 0 Å². The summed E-state index contributed by atoms with van der Waals surface area (Å²) in [6.45, 7) is 1.98. The molecule has 3 aromatic rings. The number of nitrogens with one attached hydrogen (secondary N) is 2. The normalized spacial score (nSPS) is 14.9. The van der Waals surface area contributed by atoms with Crippen LogP contribution in [-0.4, -0.2) is 26.5 Å². The number of aromatic amines is 1. The third kappa shape index (κ3) is 1.37. The minimum atomic E-state index is 0.930. The molecule has 3 heterocycles. The van der Waals surface area contributed by atoms with Crippen LogP contribution in [0.15, 0.2) is 30.6 Å². The Morgan fingerprint density at radius 3 is 2.94 bits per heavy atom. The Labute approximate surface area is 104 Å². The van der Waals surface area contributed by atoms with Crippen LogP contribution in [0, 0.1) is 0 Å². The largest absolute Gasteiger partial charge is 0.357 e. The van der Waals surface area contributed by atoms with Crippen LogP contribution in [0.2, 0.25) is 0 Å². The molecule has 1 aliphatic rings. The van der Waals surface area contributed by atoms with Gasteiger partial charge in [-0.25, -0.2) is 0 Å². The molecule has 0 saturated carbocycles. The van der Waals surface area contributed by atoms with Crippen molar-refractivity contribution < 1.29 is 0 Å². The van der Waals surface area contributed by atoms with Gasteiger partial charge in [0.2, 0.25) is 0 Å². The Morgan fingerprint density at radius 1 is 1.17 bits per heavy atom. The quantitative estimate of drug-likeness (QED) is 0.674. The fraction of sp³-hybridized carbons (Fsp3) is 0.231. The minimum absolute atomic E-state index is 0.930. The van der Waals surface area contributed by atoms with Crippen molar-refractivity contribution in [3.63, 3.8) is 0 Å². The van der Waals surface area contributed by atoms with E-state index in [0.29, 0.717) is 0 Å². The molecule has 0 aliphatic carbocycles. The van der Waals surface area contributed by atoms with Crippen LogP contribution in [-0.2, 0) is 13.0 Å². The van der Waals surface area contributed by atoms with Gasteiger partial charge in [-0.3, -0.25) is 0 Å². The molecule has 0 unspecified atom stereocenters. The van der Waals surface area contributed by atoms with Gasteiger partial charge in [-0.15, -0.1) is 0 Å². The van der Waals surface area contributed by atoms with Crippen LogP contribution in [0.5, 0.6) is 0 Å². The first-order chi connectivity index (χ1) is 8.92. The van der Waals surface area contributed by atoms with Crippen molar-refractivity contribution in [2.75, 3.05) is 6.54 Å². The second-order valence-corrected chi connectivity index (χ2v) is 4.56. The maximum Gasteiger partial charge on any atom is 0.0864 e. The van der Waals surface area contributed by atoms with Gasteiger partial charge in [-0.1, -0.05) is 0 Å². The Bertz CT molecular complexity index is 696. The van der Waals surface area contributed by atoms with E-state index in [2.05, 4.69) is 32.6 Å². The average molecular weight is 239 g/mol. The molecule has 0 fully saturated rings. The van der Waals surface area contributed by atoms with Gasteiger partial charge in [0.15, 0.2) is 0 Å². The molecular formula is C13H13N5. The van der Waals surface area contributed by atoms with E-state index >= 15 is 0 Å². The van der Waals surface area contributed by atoms with Crippen molar-refractivity contribution in [2.24, 2.45) is 0 Å². The number of rotatable bonds is 1. The van der Waals surface area contributed by atoms with Crippen LogP contribution in [0.25, 0.3) is 16.6 Å². The lowest BCUT2D eigenvalue weighted by atomic mass is 10.0. The van der Waals surface area contributed by atoms with Crippen molar-refractivity contribution in [2.45, 2.75) is 13.0 Å². The summed E-state index contributed by atoms with van der Waals surface area (Å²) in [5.41, 5.74) is 4.94. The fourth-order valence-corrected chi connectivity index (χ4v) is 2.63. The molecule has 1 aromatic carbocycles. The number of H-pyrrole nitrogens is 1. The Hall–Kier alpha value is -2.14. The molecule has 5 heteroatoms. The second kappa shape index (κ2) is 3.68. The van der Waals surface area contributed by atoms with Crippen molar-refractivity contribution >= 4 is 10.9 Å². The van der Waals surface area contributed by atoms with Gasteiger partial charge in [0.25, 0.3) is 0 Å². The van der Waals surface area contributed by atoms with E-state index in [1.165, 1.54) is 22.2 Å². The molecule has 0 spiro atoms. The fourth-order valence-electron chi connectivity index (χ4n) is 2.63. The molecule has 0 bridgehead atoms. The number of aromatic nitrogens is 4. The molecule has 18 heavy (non-hydrogen) atoms. The molecule has 0 atom stereocenters. The molecule has 2 aromatic heterocycles. The van der Waals surface area contributed by atoms with Crippen molar-refractivity contribution in [3.8, 4) is 5.69 Å². The standard InChI is InChI=1S/C13H13N5/c1-2-12-11(7-9(1)18-15-5-6-16-18)10-3-4-14-8-13(10)17-12/h1-2,5-7,14,17H,3-4,8H2. The van der Waals surface area contributed by atoms with Gasteiger partial charge in [0, 0.05) is 23.1 Å². The van der Waals surface area contributed by atoms with Gasteiger partial charge in [0.05, 0.1) is 18.1 Å². The lowest BCUT2D eigenvalue weighted by Crippen LogP contribution is -2.22. The number of benzene rings is 1. The minimum Gasteiger partial charge on any atom is -0.357 e. The summed E-state index contributed by atoms with van der Waals surface area (Å²) in [6.07, 6.45) is 4.47. The Kier molecular flexibility index (Phi) is 2.01. The molecule has 4 rings (SSSR count). The second-order valence-electron chi connectivity index (χ2n) is 4.56. The molecule has 0 radical (unpaired) electrons. The van der Waals surface area contributed by atoms with Crippen LogP contribution in [0.3, 0.4) is 0 Å². The van der Waals surface area contributed by atoms with E-state index in [9.17, 15) is 0 Å². The van der Waals surface area contributed by atoms with Crippen LogP contribution < -0.4 is 5.32 Å². The zero-order chi connectivity index (χ0) is 11.9. The maximum absolute atomic E-state index is 4.17. The Balaban J connectivity index is 1.94. The first-order valence-corrected chi connectivity index (χ1v) is 6.13. The molecular weight excluding hydrogens is 226 g/mol. The van der Waals surface area contributed by atoms with E-state index in [1.54, 1.807) is 17.2 Å². The van der Waals surface area contributed by atoms with Gasteiger partial charge < -0.3 is 10.3 Å². The summed E-state index contributed by atoms with van der Waals surface area (Å²) in [4.78, 5) is 5.13. The summed E-state index contributed by atoms with van der Waals surface area (Å²) in [7, 11) is 0. The number of hydrogen-bond donors (Lipinski definition) is 2.